The lowest BCUT2D eigenvalue weighted by Gasteiger charge is -2.16. The summed E-state index contributed by atoms with van der Waals surface area (Å²) < 4.78 is 2.82. The Bertz CT molecular complexity index is 432. The second kappa shape index (κ2) is 5.09. The van der Waals surface area contributed by atoms with Crippen LogP contribution in [0.1, 0.15) is 16.6 Å². The van der Waals surface area contributed by atoms with Crippen molar-refractivity contribution in [3.05, 3.63) is 38.8 Å². The van der Waals surface area contributed by atoms with Crippen LogP contribution in [0.4, 0.5) is 0 Å². The van der Waals surface area contributed by atoms with Crippen molar-refractivity contribution < 1.29 is 0 Å². The van der Waals surface area contributed by atoms with Crippen molar-refractivity contribution in [1.29, 1.82) is 0 Å². The van der Waals surface area contributed by atoms with Crippen LogP contribution in [0.5, 0.6) is 0 Å². The molecule has 0 saturated heterocycles. The van der Waals surface area contributed by atoms with Gasteiger partial charge in [0.2, 0.25) is 0 Å². The van der Waals surface area contributed by atoms with Crippen LogP contribution in [-0.2, 0) is 13.5 Å². The van der Waals surface area contributed by atoms with Crippen molar-refractivity contribution in [1.82, 2.24) is 15.2 Å². The van der Waals surface area contributed by atoms with Crippen molar-refractivity contribution in [2.45, 2.75) is 12.5 Å². The first kappa shape index (κ1) is 11.8. The molecule has 2 aromatic rings. The minimum atomic E-state index is 0.0699. The number of hydrazine groups is 1. The fourth-order valence-corrected chi connectivity index (χ4v) is 3.05. The fourth-order valence-electron chi connectivity index (χ4n) is 1.68. The van der Waals surface area contributed by atoms with Crippen LogP contribution in [0.15, 0.2) is 28.2 Å². The van der Waals surface area contributed by atoms with Crippen LogP contribution in [0.3, 0.4) is 0 Å². The molecule has 86 valence electrons. The van der Waals surface area contributed by atoms with E-state index >= 15 is 0 Å². The monoisotopic (exact) mass is 300 g/mol. The minimum absolute atomic E-state index is 0.0699. The van der Waals surface area contributed by atoms with E-state index < -0.39 is 0 Å². The van der Waals surface area contributed by atoms with E-state index in [2.05, 4.69) is 37.9 Å². The number of rotatable bonds is 4. The summed E-state index contributed by atoms with van der Waals surface area (Å²) in [5.74, 6) is 5.61. The Balaban J connectivity index is 2.23. The molecule has 0 amide bonds. The molecule has 0 aliphatic rings. The number of nitrogens with two attached hydrogens (primary N) is 1. The Morgan fingerprint density at radius 1 is 1.69 bits per heavy atom. The zero-order valence-electron chi connectivity index (χ0n) is 8.85. The lowest BCUT2D eigenvalue weighted by atomic mass is 10.1. The zero-order valence-corrected chi connectivity index (χ0v) is 11.3. The molecule has 0 aromatic carbocycles. The van der Waals surface area contributed by atoms with Crippen LogP contribution in [0.2, 0.25) is 0 Å². The van der Waals surface area contributed by atoms with E-state index in [1.807, 2.05) is 17.8 Å². The highest BCUT2D eigenvalue weighted by molar-refractivity contribution is 9.10. The van der Waals surface area contributed by atoms with Crippen molar-refractivity contribution in [2.24, 2.45) is 12.9 Å². The molecular formula is C10H13BrN4S. The van der Waals surface area contributed by atoms with Crippen LogP contribution in [0, 0.1) is 0 Å². The van der Waals surface area contributed by atoms with Gasteiger partial charge in [-0.05, 0) is 27.4 Å². The first-order valence-corrected chi connectivity index (χ1v) is 6.55. The van der Waals surface area contributed by atoms with E-state index in [1.54, 1.807) is 17.5 Å². The summed E-state index contributed by atoms with van der Waals surface area (Å²) in [7, 11) is 1.92. The van der Waals surface area contributed by atoms with Gasteiger partial charge >= 0.3 is 0 Å². The summed E-state index contributed by atoms with van der Waals surface area (Å²) in [6.07, 6.45) is 2.65. The van der Waals surface area contributed by atoms with Gasteiger partial charge in [-0.25, -0.2) is 0 Å². The minimum Gasteiger partial charge on any atom is -0.271 e. The van der Waals surface area contributed by atoms with Gasteiger partial charge in [-0.2, -0.15) is 5.10 Å². The van der Waals surface area contributed by atoms with Crippen LogP contribution >= 0.6 is 27.3 Å². The van der Waals surface area contributed by atoms with Crippen molar-refractivity contribution >= 4 is 27.3 Å². The molecule has 2 heterocycles. The number of nitrogens with zero attached hydrogens (tertiary/aromatic N) is 2. The maximum atomic E-state index is 5.61. The maximum absolute atomic E-state index is 5.61. The summed E-state index contributed by atoms with van der Waals surface area (Å²) >= 11 is 5.22. The second-order valence-electron chi connectivity index (χ2n) is 3.50. The molecule has 0 aliphatic heterocycles. The van der Waals surface area contributed by atoms with Gasteiger partial charge in [-0.15, -0.1) is 11.3 Å². The number of hydrogen-bond donors (Lipinski definition) is 2. The van der Waals surface area contributed by atoms with E-state index in [0.717, 1.165) is 16.6 Å². The molecular weight excluding hydrogens is 288 g/mol. The highest BCUT2D eigenvalue weighted by Gasteiger charge is 2.18. The summed E-state index contributed by atoms with van der Waals surface area (Å²) in [6, 6.07) is 4.23. The molecule has 3 N–H and O–H groups in total. The Morgan fingerprint density at radius 2 is 2.50 bits per heavy atom. The van der Waals surface area contributed by atoms with Crippen molar-refractivity contribution in [3.63, 3.8) is 0 Å². The van der Waals surface area contributed by atoms with E-state index in [1.165, 1.54) is 4.88 Å². The molecule has 2 aromatic heterocycles. The van der Waals surface area contributed by atoms with Crippen molar-refractivity contribution in [2.75, 3.05) is 0 Å². The summed E-state index contributed by atoms with van der Waals surface area (Å²) in [5, 5.41) is 6.26. The normalized spacial score (nSPS) is 12.9. The average Bonchev–Trinajstić information content (AvgIpc) is 2.87. The molecule has 0 fully saturated rings. The fraction of sp³-hybridized carbons (Fsp3) is 0.300. The average molecular weight is 301 g/mol. The maximum Gasteiger partial charge on any atom is 0.0709 e. The Kier molecular flexibility index (Phi) is 3.75. The smallest absolute Gasteiger partial charge is 0.0709 e. The van der Waals surface area contributed by atoms with Gasteiger partial charge in [-0.1, -0.05) is 6.07 Å². The third-order valence-electron chi connectivity index (χ3n) is 2.45. The predicted octanol–water partition coefficient (Wildman–Crippen LogP) is 1.99. The molecule has 2 rings (SSSR count). The molecule has 0 saturated carbocycles. The molecule has 4 nitrogen and oxygen atoms in total. The highest BCUT2D eigenvalue weighted by Crippen LogP contribution is 2.26. The molecule has 16 heavy (non-hydrogen) atoms. The van der Waals surface area contributed by atoms with Crippen LogP contribution < -0.4 is 11.3 Å². The Hall–Kier alpha value is -0.690. The first-order valence-electron chi connectivity index (χ1n) is 4.88. The van der Waals surface area contributed by atoms with Gasteiger partial charge in [0.1, 0.15) is 0 Å². The number of aryl methyl sites for hydroxylation is 1. The van der Waals surface area contributed by atoms with Gasteiger partial charge in [0.05, 0.1) is 22.4 Å². The quantitative estimate of drug-likeness (QED) is 0.671. The van der Waals surface area contributed by atoms with E-state index in [0.29, 0.717) is 0 Å². The highest BCUT2D eigenvalue weighted by atomic mass is 79.9. The van der Waals surface area contributed by atoms with Gasteiger partial charge < -0.3 is 0 Å². The molecule has 0 bridgehead atoms. The topological polar surface area (TPSA) is 55.9 Å². The molecule has 0 radical (unpaired) electrons. The number of aromatic nitrogens is 2. The lowest BCUT2D eigenvalue weighted by molar-refractivity contribution is 0.509. The zero-order chi connectivity index (χ0) is 11.5. The van der Waals surface area contributed by atoms with E-state index in [9.17, 15) is 0 Å². The standard InChI is InChI=1S/C10H13BrN4S/c1-15-10(8(11)6-13-15)9(14-12)5-7-3-2-4-16-7/h2-4,6,9,14H,5,12H2,1H3. The Morgan fingerprint density at radius 3 is 3.00 bits per heavy atom. The SMILES string of the molecule is Cn1ncc(Br)c1C(Cc1cccs1)NN. The van der Waals surface area contributed by atoms with Gasteiger partial charge in [0, 0.05) is 18.3 Å². The van der Waals surface area contributed by atoms with Crippen LogP contribution in [-0.4, -0.2) is 9.78 Å². The number of hydrogen-bond acceptors (Lipinski definition) is 4. The van der Waals surface area contributed by atoms with Crippen molar-refractivity contribution in [3.8, 4) is 0 Å². The predicted molar refractivity (Wildman–Crippen MR) is 69.0 cm³/mol. The first-order chi connectivity index (χ1) is 7.72. The van der Waals surface area contributed by atoms with Crippen LogP contribution in [0.25, 0.3) is 0 Å². The molecule has 6 heteroatoms. The third-order valence-corrected chi connectivity index (χ3v) is 3.96. The lowest BCUT2D eigenvalue weighted by Crippen LogP contribution is -2.31. The summed E-state index contributed by atoms with van der Waals surface area (Å²) in [6.45, 7) is 0. The second-order valence-corrected chi connectivity index (χ2v) is 5.39. The summed E-state index contributed by atoms with van der Waals surface area (Å²) in [4.78, 5) is 1.30. The summed E-state index contributed by atoms with van der Waals surface area (Å²) in [5.41, 5.74) is 3.91. The Labute approximate surface area is 107 Å². The molecule has 1 unspecified atom stereocenters. The number of nitrogens with one attached hydrogen (secondary N) is 1. The molecule has 0 spiro atoms. The molecule has 1 atom stereocenters. The number of thiophene rings is 1. The van der Waals surface area contributed by atoms with E-state index in [-0.39, 0.29) is 6.04 Å². The van der Waals surface area contributed by atoms with Gasteiger partial charge in [0.15, 0.2) is 0 Å². The number of halogens is 1. The van der Waals surface area contributed by atoms with E-state index in [4.69, 9.17) is 5.84 Å². The third kappa shape index (κ3) is 2.35. The van der Waals surface area contributed by atoms with Gasteiger partial charge in [0.25, 0.3) is 0 Å². The molecule has 0 aliphatic carbocycles. The van der Waals surface area contributed by atoms with Gasteiger partial charge in [-0.3, -0.25) is 16.0 Å². The largest absolute Gasteiger partial charge is 0.271 e.